The lowest BCUT2D eigenvalue weighted by molar-refractivity contribution is 0.282. The fraction of sp³-hybridized carbons (Fsp3) is 0.812. The van der Waals surface area contributed by atoms with Crippen molar-refractivity contribution in [2.75, 3.05) is 0 Å². The van der Waals surface area contributed by atoms with E-state index in [9.17, 15) is 0 Å². The van der Waals surface area contributed by atoms with Crippen molar-refractivity contribution in [2.45, 2.75) is 70.8 Å². The minimum atomic E-state index is 0.347. The Morgan fingerprint density at radius 3 is 2.43 bits per heavy atom. The Bertz CT molecular complexity index is 436. The van der Waals surface area contributed by atoms with Crippen LogP contribution in [0.25, 0.3) is 0 Å². The molecule has 1 heterocycles. The molecule has 0 radical (unpaired) electrons. The highest BCUT2D eigenvalue weighted by molar-refractivity contribution is 9.10. The summed E-state index contributed by atoms with van der Waals surface area (Å²) in [6, 6.07) is 0.347. The van der Waals surface area contributed by atoms with Crippen LogP contribution in [-0.2, 0) is 19.9 Å². The van der Waals surface area contributed by atoms with Gasteiger partial charge in [-0.05, 0) is 41.1 Å². The van der Waals surface area contributed by atoms with Gasteiger partial charge in [-0.15, -0.1) is 0 Å². The third kappa shape index (κ3) is 4.30. The van der Waals surface area contributed by atoms with E-state index >= 15 is 0 Å². The minimum absolute atomic E-state index is 0.347. The summed E-state index contributed by atoms with van der Waals surface area (Å²) in [6.45, 7) is 2.14. The van der Waals surface area contributed by atoms with Crippen LogP contribution in [0.4, 0.5) is 0 Å². The molecule has 2 rings (SSSR count). The van der Waals surface area contributed by atoms with Crippen LogP contribution in [0.2, 0.25) is 0 Å². The second-order valence-corrected chi connectivity index (χ2v) is 7.06. The molecule has 3 N–H and O–H groups in total. The number of nitrogens with one attached hydrogen (secondary N) is 1. The van der Waals surface area contributed by atoms with Gasteiger partial charge in [-0.1, -0.05) is 39.0 Å². The zero-order valence-corrected chi connectivity index (χ0v) is 15.0. The Kier molecular flexibility index (Phi) is 6.71. The zero-order valence-electron chi connectivity index (χ0n) is 13.4. The van der Waals surface area contributed by atoms with Gasteiger partial charge in [-0.2, -0.15) is 5.10 Å². The molecule has 21 heavy (non-hydrogen) atoms. The van der Waals surface area contributed by atoms with E-state index in [1.165, 1.54) is 55.1 Å². The lowest BCUT2D eigenvalue weighted by atomic mass is 9.84. The third-order valence-corrected chi connectivity index (χ3v) is 5.76. The topological polar surface area (TPSA) is 55.9 Å². The Morgan fingerprint density at radius 1 is 1.29 bits per heavy atom. The van der Waals surface area contributed by atoms with Gasteiger partial charge < -0.3 is 0 Å². The maximum atomic E-state index is 5.89. The van der Waals surface area contributed by atoms with E-state index in [1.807, 2.05) is 11.7 Å². The zero-order chi connectivity index (χ0) is 15.2. The molecule has 1 fully saturated rings. The Balaban J connectivity index is 2.08. The highest BCUT2D eigenvalue weighted by atomic mass is 79.9. The number of halogens is 1. The van der Waals surface area contributed by atoms with Gasteiger partial charge in [-0.3, -0.25) is 16.0 Å². The summed E-state index contributed by atoms with van der Waals surface area (Å²) < 4.78 is 3.18. The predicted octanol–water partition coefficient (Wildman–Crippen LogP) is 3.48. The standard InChI is InChI=1S/C16H29BrN4/c1-3-13-16(17)15(21(2)20-13)11-14(19-18)12-9-7-5-4-6-8-10-12/h12,14,19H,3-11,18H2,1-2H3. The monoisotopic (exact) mass is 356 g/mol. The fourth-order valence-corrected chi connectivity index (χ4v) is 4.28. The van der Waals surface area contributed by atoms with Crippen molar-refractivity contribution >= 4 is 15.9 Å². The van der Waals surface area contributed by atoms with Crippen LogP contribution in [0.15, 0.2) is 4.47 Å². The smallest absolute Gasteiger partial charge is 0.0766 e. The number of hydrogen-bond acceptors (Lipinski definition) is 3. The first-order valence-electron chi connectivity index (χ1n) is 8.33. The van der Waals surface area contributed by atoms with Gasteiger partial charge in [0.05, 0.1) is 15.9 Å². The molecule has 120 valence electrons. The van der Waals surface area contributed by atoms with E-state index in [0.717, 1.165) is 18.5 Å². The van der Waals surface area contributed by atoms with Crippen molar-refractivity contribution in [3.63, 3.8) is 0 Å². The number of rotatable bonds is 5. The lowest BCUT2D eigenvalue weighted by Gasteiger charge is -2.28. The highest BCUT2D eigenvalue weighted by Crippen LogP contribution is 2.29. The van der Waals surface area contributed by atoms with Crippen molar-refractivity contribution in [2.24, 2.45) is 18.8 Å². The van der Waals surface area contributed by atoms with Crippen molar-refractivity contribution in [3.05, 3.63) is 15.9 Å². The van der Waals surface area contributed by atoms with Crippen molar-refractivity contribution in [3.8, 4) is 0 Å². The minimum Gasteiger partial charge on any atom is -0.271 e. The van der Waals surface area contributed by atoms with Crippen LogP contribution in [0, 0.1) is 5.92 Å². The van der Waals surface area contributed by atoms with E-state index < -0.39 is 0 Å². The van der Waals surface area contributed by atoms with Crippen molar-refractivity contribution < 1.29 is 0 Å². The largest absolute Gasteiger partial charge is 0.271 e. The number of hydrazine groups is 1. The normalized spacial score (nSPS) is 19.2. The molecule has 0 bridgehead atoms. The van der Waals surface area contributed by atoms with Crippen LogP contribution in [0.5, 0.6) is 0 Å². The summed E-state index contributed by atoms with van der Waals surface area (Å²) in [7, 11) is 2.03. The van der Waals surface area contributed by atoms with Gasteiger partial charge >= 0.3 is 0 Å². The molecule has 0 aromatic carbocycles. The molecule has 1 unspecified atom stereocenters. The lowest BCUT2D eigenvalue weighted by Crippen LogP contribution is -2.43. The number of nitrogens with zero attached hydrogens (tertiary/aromatic N) is 2. The van der Waals surface area contributed by atoms with E-state index in [2.05, 4.69) is 33.4 Å². The van der Waals surface area contributed by atoms with E-state index in [-0.39, 0.29) is 0 Å². The molecule has 0 saturated heterocycles. The SMILES string of the molecule is CCc1nn(C)c(CC(NN)C2CCCCCCC2)c1Br. The molecule has 0 aliphatic heterocycles. The molecule has 4 nitrogen and oxygen atoms in total. The second kappa shape index (κ2) is 8.30. The van der Waals surface area contributed by atoms with Crippen LogP contribution < -0.4 is 11.3 Å². The first-order valence-corrected chi connectivity index (χ1v) is 9.13. The van der Waals surface area contributed by atoms with Crippen LogP contribution >= 0.6 is 15.9 Å². The van der Waals surface area contributed by atoms with Gasteiger partial charge in [0, 0.05) is 19.5 Å². The van der Waals surface area contributed by atoms with Crippen LogP contribution in [0.1, 0.15) is 63.3 Å². The van der Waals surface area contributed by atoms with Gasteiger partial charge in [0.1, 0.15) is 0 Å². The Hall–Kier alpha value is -0.390. The molecule has 1 saturated carbocycles. The Labute approximate surface area is 137 Å². The van der Waals surface area contributed by atoms with Crippen LogP contribution in [-0.4, -0.2) is 15.8 Å². The molecular weight excluding hydrogens is 328 g/mol. The van der Waals surface area contributed by atoms with Gasteiger partial charge in [-0.25, -0.2) is 0 Å². The predicted molar refractivity (Wildman–Crippen MR) is 90.9 cm³/mol. The summed E-state index contributed by atoms with van der Waals surface area (Å²) in [5, 5.41) is 4.60. The molecule has 1 aromatic heterocycles. The van der Waals surface area contributed by atoms with E-state index in [4.69, 9.17) is 5.84 Å². The highest BCUT2D eigenvalue weighted by Gasteiger charge is 2.24. The van der Waals surface area contributed by atoms with E-state index in [1.54, 1.807) is 0 Å². The summed E-state index contributed by atoms with van der Waals surface area (Å²) >= 11 is 3.72. The van der Waals surface area contributed by atoms with Crippen molar-refractivity contribution in [1.29, 1.82) is 0 Å². The summed E-state index contributed by atoms with van der Waals surface area (Å²) in [5.74, 6) is 6.57. The maximum absolute atomic E-state index is 5.89. The fourth-order valence-electron chi connectivity index (χ4n) is 3.50. The molecular formula is C16H29BrN4. The number of aromatic nitrogens is 2. The summed E-state index contributed by atoms with van der Waals surface area (Å²) in [4.78, 5) is 0. The average molecular weight is 357 g/mol. The molecule has 1 aromatic rings. The maximum Gasteiger partial charge on any atom is 0.0766 e. The first kappa shape index (κ1) is 17.0. The molecule has 1 aliphatic carbocycles. The summed E-state index contributed by atoms with van der Waals surface area (Å²) in [5.41, 5.74) is 5.49. The third-order valence-electron chi connectivity index (χ3n) is 4.85. The Morgan fingerprint density at radius 2 is 1.90 bits per heavy atom. The van der Waals surface area contributed by atoms with Crippen LogP contribution in [0.3, 0.4) is 0 Å². The number of aryl methyl sites for hydroxylation is 2. The van der Waals surface area contributed by atoms with Crippen molar-refractivity contribution in [1.82, 2.24) is 15.2 Å². The quantitative estimate of drug-likeness (QED) is 0.627. The van der Waals surface area contributed by atoms with Gasteiger partial charge in [0.15, 0.2) is 0 Å². The second-order valence-electron chi connectivity index (χ2n) is 6.27. The summed E-state index contributed by atoms with van der Waals surface area (Å²) in [6.07, 6.45) is 11.3. The number of nitrogens with two attached hydrogens (primary N) is 1. The van der Waals surface area contributed by atoms with Gasteiger partial charge in [0.25, 0.3) is 0 Å². The number of hydrogen-bond donors (Lipinski definition) is 2. The van der Waals surface area contributed by atoms with Gasteiger partial charge in [0.2, 0.25) is 0 Å². The molecule has 1 atom stereocenters. The molecule has 0 spiro atoms. The molecule has 5 heteroatoms. The first-order chi connectivity index (χ1) is 10.2. The molecule has 0 amide bonds. The molecule has 1 aliphatic rings. The van der Waals surface area contributed by atoms with E-state index in [0.29, 0.717) is 12.0 Å². The average Bonchev–Trinajstić information content (AvgIpc) is 2.72.